The minimum absolute atomic E-state index is 0.00916. The van der Waals surface area contributed by atoms with E-state index in [2.05, 4.69) is 132 Å². The van der Waals surface area contributed by atoms with Crippen molar-refractivity contribution < 1.29 is 18.6 Å². The molecule has 226 valence electrons. The van der Waals surface area contributed by atoms with Gasteiger partial charge in [-0.05, 0) is 33.5 Å². The van der Waals surface area contributed by atoms with Gasteiger partial charge in [-0.2, -0.15) is 0 Å². The van der Waals surface area contributed by atoms with Gasteiger partial charge < -0.3 is 18.6 Å². The van der Waals surface area contributed by atoms with E-state index in [1.807, 2.05) is 24.3 Å². The zero-order valence-corrected chi connectivity index (χ0v) is 27.2. The minimum atomic E-state index is -2.76. The van der Waals surface area contributed by atoms with Crippen molar-refractivity contribution in [2.75, 3.05) is 6.61 Å². The van der Waals surface area contributed by atoms with Gasteiger partial charge in [0.05, 0.1) is 32.0 Å². The second-order valence-electron chi connectivity index (χ2n) is 12.7. The maximum absolute atomic E-state index is 7.36. The van der Waals surface area contributed by atoms with E-state index in [0.29, 0.717) is 19.8 Å². The summed E-state index contributed by atoms with van der Waals surface area (Å²) in [6.07, 6.45) is -0.754. The maximum Gasteiger partial charge on any atom is 0.261 e. The number of rotatable bonds is 11. The summed E-state index contributed by atoms with van der Waals surface area (Å²) in [4.78, 5) is 0. The third-order valence-corrected chi connectivity index (χ3v) is 13.8. The zero-order chi connectivity index (χ0) is 30.3. The van der Waals surface area contributed by atoms with Gasteiger partial charge >= 0.3 is 0 Å². The van der Waals surface area contributed by atoms with Gasteiger partial charge in [0.15, 0.2) is 0 Å². The molecule has 0 bridgehead atoms. The van der Waals surface area contributed by atoms with Crippen LogP contribution in [0, 0.1) is 5.92 Å². The Morgan fingerprint density at radius 3 is 1.47 bits per heavy atom. The molecule has 0 aromatic heterocycles. The van der Waals surface area contributed by atoms with Gasteiger partial charge in [-0.1, -0.05) is 149 Å². The maximum atomic E-state index is 7.36. The van der Waals surface area contributed by atoms with Crippen molar-refractivity contribution in [2.24, 2.45) is 5.92 Å². The van der Waals surface area contributed by atoms with Crippen LogP contribution in [-0.2, 0) is 31.9 Å². The van der Waals surface area contributed by atoms with Gasteiger partial charge in [0, 0.05) is 5.92 Å². The number of ether oxygens (including phenoxy) is 3. The van der Waals surface area contributed by atoms with Crippen molar-refractivity contribution in [3.63, 3.8) is 0 Å². The van der Waals surface area contributed by atoms with Gasteiger partial charge in [-0.3, -0.25) is 0 Å². The van der Waals surface area contributed by atoms with Crippen molar-refractivity contribution in [1.82, 2.24) is 0 Å². The lowest BCUT2D eigenvalue weighted by Crippen LogP contribution is -2.68. The Labute approximate surface area is 259 Å². The van der Waals surface area contributed by atoms with E-state index in [1.54, 1.807) is 0 Å². The molecule has 0 radical (unpaired) electrons. The molecule has 43 heavy (non-hydrogen) atoms. The van der Waals surface area contributed by atoms with Crippen molar-refractivity contribution in [3.8, 4) is 0 Å². The van der Waals surface area contributed by atoms with E-state index in [4.69, 9.17) is 18.6 Å². The number of hydrogen-bond donors (Lipinski definition) is 0. The first kappa shape index (κ1) is 31.4. The normalized spacial score (nSPS) is 22.8. The summed E-state index contributed by atoms with van der Waals surface area (Å²) in [7, 11) is -2.76. The zero-order valence-electron chi connectivity index (χ0n) is 26.2. The predicted octanol–water partition coefficient (Wildman–Crippen LogP) is 7.16. The SMILES string of the molecule is CC1[C@@H](C)OC(CO[Si](c2ccccc2)(c2ccccc2)C(C)(C)C)[C@@H](OCc2ccccc2)[C@H]1OCc1ccccc1. The smallest absolute Gasteiger partial charge is 0.261 e. The third kappa shape index (κ3) is 7.19. The van der Waals surface area contributed by atoms with E-state index >= 15 is 0 Å². The molecule has 5 rings (SSSR count). The molecule has 4 nitrogen and oxygen atoms in total. The number of benzene rings is 4. The Balaban J connectivity index is 1.48. The van der Waals surface area contributed by atoms with Crippen molar-refractivity contribution in [3.05, 3.63) is 132 Å². The lowest BCUT2D eigenvalue weighted by atomic mass is 9.88. The lowest BCUT2D eigenvalue weighted by Gasteiger charge is -2.47. The fourth-order valence-corrected chi connectivity index (χ4v) is 10.9. The second kappa shape index (κ2) is 14.1. The molecule has 1 aliphatic heterocycles. The first-order chi connectivity index (χ1) is 20.8. The standard InChI is InChI=1S/C38H46O4Si/c1-29-30(2)42-35(28-41-43(38(3,4)5,33-22-14-8-15-23-33)34-24-16-9-17-25-34)37(40-27-32-20-12-7-13-21-32)36(29)39-26-31-18-10-6-11-19-31/h6-25,29-30,35-37H,26-28H2,1-5H3/t29?,30-,35?,36+,37-/m1/s1. The average molecular weight is 595 g/mol. The molecular weight excluding hydrogens is 549 g/mol. The van der Waals surface area contributed by atoms with Gasteiger partial charge in [-0.15, -0.1) is 0 Å². The fourth-order valence-electron chi connectivity index (χ4n) is 6.34. The molecule has 0 spiro atoms. The first-order valence-electron chi connectivity index (χ1n) is 15.5. The lowest BCUT2D eigenvalue weighted by molar-refractivity contribution is -0.233. The van der Waals surface area contributed by atoms with E-state index < -0.39 is 8.32 Å². The van der Waals surface area contributed by atoms with Crippen molar-refractivity contribution in [2.45, 2.75) is 77.3 Å². The van der Waals surface area contributed by atoms with Crippen LogP contribution < -0.4 is 10.4 Å². The second-order valence-corrected chi connectivity index (χ2v) is 17.0. The molecule has 2 unspecified atom stereocenters. The largest absolute Gasteiger partial charge is 0.405 e. The molecule has 1 heterocycles. The number of hydrogen-bond acceptors (Lipinski definition) is 4. The van der Waals surface area contributed by atoms with Gasteiger partial charge in [-0.25, -0.2) is 0 Å². The van der Waals surface area contributed by atoms with Crippen LogP contribution in [0.4, 0.5) is 0 Å². The Hall–Kier alpha value is -3.06. The highest BCUT2D eigenvalue weighted by Crippen LogP contribution is 2.38. The Morgan fingerprint density at radius 2 is 1.02 bits per heavy atom. The van der Waals surface area contributed by atoms with Crippen molar-refractivity contribution >= 4 is 18.7 Å². The molecule has 4 aromatic carbocycles. The van der Waals surface area contributed by atoms with Crippen LogP contribution in [0.3, 0.4) is 0 Å². The van der Waals surface area contributed by atoms with E-state index in [9.17, 15) is 0 Å². The summed E-state index contributed by atoms with van der Waals surface area (Å²) >= 11 is 0. The Kier molecular flexibility index (Phi) is 10.3. The third-order valence-electron chi connectivity index (χ3n) is 8.79. The summed E-state index contributed by atoms with van der Waals surface area (Å²) in [5, 5.41) is 2.38. The topological polar surface area (TPSA) is 36.9 Å². The van der Waals surface area contributed by atoms with Crippen molar-refractivity contribution in [1.29, 1.82) is 0 Å². The Morgan fingerprint density at radius 1 is 0.605 bits per heavy atom. The Bertz CT molecular complexity index is 1340. The highest BCUT2D eigenvalue weighted by Gasteiger charge is 2.52. The molecule has 0 saturated carbocycles. The molecule has 4 aromatic rings. The predicted molar refractivity (Wildman–Crippen MR) is 177 cm³/mol. The van der Waals surface area contributed by atoms with E-state index in [0.717, 1.165) is 11.1 Å². The molecule has 0 aliphatic carbocycles. The van der Waals surface area contributed by atoms with E-state index in [-0.39, 0.29) is 35.4 Å². The van der Waals surface area contributed by atoms with Crippen LogP contribution >= 0.6 is 0 Å². The van der Waals surface area contributed by atoms with Gasteiger partial charge in [0.1, 0.15) is 12.2 Å². The first-order valence-corrected chi connectivity index (χ1v) is 17.4. The van der Waals surface area contributed by atoms with Gasteiger partial charge in [0.2, 0.25) is 0 Å². The quantitative estimate of drug-likeness (QED) is 0.173. The monoisotopic (exact) mass is 594 g/mol. The van der Waals surface area contributed by atoms with Crippen LogP contribution in [0.25, 0.3) is 0 Å². The fraction of sp³-hybridized carbons (Fsp3) is 0.368. The average Bonchev–Trinajstić information content (AvgIpc) is 3.03. The van der Waals surface area contributed by atoms with Crippen LogP contribution in [0.1, 0.15) is 45.7 Å². The highest BCUT2D eigenvalue weighted by molar-refractivity contribution is 6.99. The van der Waals surface area contributed by atoms with Gasteiger partial charge in [0.25, 0.3) is 8.32 Å². The van der Waals surface area contributed by atoms with Crippen LogP contribution in [-0.4, -0.2) is 39.3 Å². The summed E-state index contributed by atoms with van der Waals surface area (Å²) in [6, 6.07) is 42.2. The van der Waals surface area contributed by atoms with Crippen LogP contribution in [0.2, 0.25) is 5.04 Å². The minimum Gasteiger partial charge on any atom is -0.405 e. The molecule has 0 amide bonds. The molecular formula is C38H46O4Si. The molecule has 1 fully saturated rings. The summed E-state index contributed by atoms with van der Waals surface area (Å²) < 4.78 is 27.6. The summed E-state index contributed by atoms with van der Waals surface area (Å²) in [6.45, 7) is 12.7. The molecule has 1 aliphatic rings. The van der Waals surface area contributed by atoms with E-state index in [1.165, 1.54) is 10.4 Å². The molecule has 5 atom stereocenters. The molecule has 0 N–H and O–H groups in total. The molecule has 5 heteroatoms. The van der Waals surface area contributed by atoms with Crippen LogP contribution in [0.15, 0.2) is 121 Å². The highest BCUT2D eigenvalue weighted by atomic mass is 28.4. The summed E-state index contributed by atoms with van der Waals surface area (Å²) in [5.74, 6) is 0.147. The molecule has 1 saturated heterocycles. The summed E-state index contributed by atoms with van der Waals surface area (Å²) in [5.41, 5.74) is 2.28. The van der Waals surface area contributed by atoms with Crippen LogP contribution in [0.5, 0.6) is 0 Å².